The van der Waals surface area contributed by atoms with Gasteiger partial charge in [0.05, 0.1) is 22.8 Å². The maximum atomic E-state index is 13.1. The molecule has 0 bridgehead atoms. The van der Waals surface area contributed by atoms with E-state index in [1.807, 2.05) is 69.3 Å². The molecule has 0 N–H and O–H groups in total. The Bertz CT molecular complexity index is 1020. The van der Waals surface area contributed by atoms with Crippen LogP contribution in [0.4, 0.5) is 0 Å². The Kier molecular flexibility index (Phi) is 4.22. The lowest BCUT2D eigenvalue weighted by Crippen LogP contribution is -2.36. The Balaban J connectivity index is 1.76. The van der Waals surface area contributed by atoms with E-state index in [-0.39, 0.29) is 11.9 Å². The largest absolute Gasteiger partial charge is 0.272 e. The van der Waals surface area contributed by atoms with Gasteiger partial charge < -0.3 is 0 Å². The maximum absolute atomic E-state index is 13.1. The van der Waals surface area contributed by atoms with Gasteiger partial charge in [0.15, 0.2) is 0 Å². The first-order chi connectivity index (χ1) is 12.9. The Morgan fingerprint density at radius 3 is 2.41 bits per heavy atom. The second kappa shape index (κ2) is 6.58. The summed E-state index contributed by atoms with van der Waals surface area (Å²) in [4.78, 5) is 21.8. The monoisotopic (exact) mass is 358 g/mol. The van der Waals surface area contributed by atoms with Crippen molar-refractivity contribution < 1.29 is 4.79 Å². The van der Waals surface area contributed by atoms with Crippen LogP contribution < -0.4 is 0 Å². The molecule has 136 valence electrons. The minimum absolute atomic E-state index is 0.0117. The van der Waals surface area contributed by atoms with E-state index in [2.05, 4.69) is 9.97 Å². The summed E-state index contributed by atoms with van der Waals surface area (Å²) in [6.45, 7) is 5.77. The van der Waals surface area contributed by atoms with Gasteiger partial charge in [-0.25, -0.2) is 5.01 Å². The van der Waals surface area contributed by atoms with Gasteiger partial charge in [0.1, 0.15) is 0 Å². The van der Waals surface area contributed by atoms with Gasteiger partial charge in [-0.1, -0.05) is 57.2 Å². The number of carbonyl (C=O) groups excluding carboxylic acids is 1. The summed E-state index contributed by atoms with van der Waals surface area (Å²) >= 11 is 0. The van der Waals surface area contributed by atoms with Crippen molar-refractivity contribution in [2.75, 3.05) is 0 Å². The molecule has 0 fully saturated rings. The van der Waals surface area contributed by atoms with Crippen molar-refractivity contribution in [1.82, 2.24) is 15.0 Å². The van der Waals surface area contributed by atoms with E-state index in [4.69, 9.17) is 5.10 Å². The number of aromatic nitrogens is 2. The van der Waals surface area contributed by atoms with Gasteiger partial charge in [-0.05, 0) is 23.3 Å². The number of hydrogen-bond donors (Lipinski definition) is 0. The van der Waals surface area contributed by atoms with E-state index >= 15 is 0 Å². The van der Waals surface area contributed by atoms with Crippen LogP contribution in [0.2, 0.25) is 0 Å². The standard InChI is InChI=1S/C22H22N4O/c1-22(2,3)21(27)26-20(14-18(25-26)15-7-5-4-6-8-15)16-9-10-17-19(13-16)24-12-11-23-17/h4-13,20H,14H2,1-3H3/t20-/m0/s1. The van der Waals surface area contributed by atoms with E-state index in [1.54, 1.807) is 17.4 Å². The molecule has 1 aliphatic rings. The molecule has 3 aromatic rings. The van der Waals surface area contributed by atoms with Gasteiger partial charge in [0, 0.05) is 24.2 Å². The van der Waals surface area contributed by atoms with Gasteiger partial charge >= 0.3 is 0 Å². The van der Waals surface area contributed by atoms with Crippen LogP contribution in [0, 0.1) is 5.41 Å². The molecule has 2 aromatic carbocycles. The molecule has 0 unspecified atom stereocenters. The molecule has 1 aromatic heterocycles. The minimum atomic E-state index is -0.509. The van der Waals surface area contributed by atoms with E-state index < -0.39 is 5.41 Å². The number of nitrogens with zero attached hydrogens (tertiary/aromatic N) is 4. The zero-order valence-electron chi connectivity index (χ0n) is 15.8. The molecule has 27 heavy (non-hydrogen) atoms. The number of benzene rings is 2. The molecule has 5 heteroatoms. The molecule has 0 radical (unpaired) electrons. The molecule has 0 spiro atoms. The van der Waals surface area contributed by atoms with Crippen molar-refractivity contribution in [1.29, 1.82) is 0 Å². The Hall–Kier alpha value is -3.08. The zero-order chi connectivity index (χ0) is 19.0. The lowest BCUT2D eigenvalue weighted by atomic mass is 9.93. The minimum Gasteiger partial charge on any atom is -0.272 e. The number of fused-ring (bicyclic) bond motifs is 1. The lowest BCUT2D eigenvalue weighted by molar-refractivity contribution is -0.141. The average molecular weight is 358 g/mol. The van der Waals surface area contributed by atoms with E-state index in [0.717, 1.165) is 27.9 Å². The Morgan fingerprint density at radius 2 is 1.70 bits per heavy atom. The van der Waals surface area contributed by atoms with Gasteiger partial charge in [0.2, 0.25) is 5.91 Å². The fraction of sp³-hybridized carbons (Fsp3) is 0.273. The van der Waals surface area contributed by atoms with Crippen molar-refractivity contribution in [2.45, 2.75) is 33.2 Å². The predicted octanol–water partition coefficient (Wildman–Crippen LogP) is 4.35. The normalized spacial score (nSPS) is 17.2. The Morgan fingerprint density at radius 1 is 1.00 bits per heavy atom. The zero-order valence-corrected chi connectivity index (χ0v) is 15.8. The summed E-state index contributed by atoms with van der Waals surface area (Å²) in [6, 6.07) is 15.9. The molecule has 0 saturated heterocycles. The summed E-state index contributed by atoms with van der Waals surface area (Å²) in [6.07, 6.45) is 4.05. The summed E-state index contributed by atoms with van der Waals surface area (Å²) in [5, 5.41) is 6.38. The second-order valence-electron chi connectivity index (χ2n) is 7.84. The molecule has 0 aliphatic carbocycles. The van der Waals surface area contributed by atoms with Gasteiger partial charge in [-0.2, -0.15) is 5.10 Å². The highest BCUT2D eigenvalue weighted by atomic mass is 16.2. The molecule has 1 amide bonds. The summed E-state index contributed by atoms with van der Waals surface area (Å²) in [5.41, 5.74) is 4.16. The number of carbonyl (C=O) groups is 1. The summed E-state index contributed by atoms with van der Waals surface area (Å²) in [5.74, 6) is 0.0117. The maximum Gasteiger partial charge on any atom is 0.248 e. The van der Waals surface area contributed by atoms with Crippen LogP contribution in [-0.2, 0) is 4.79 Å². The highest BCUT2D eigenvalue weighted by Gasteiger charge is 2.38. The number of amides is 1. The summed E-state index contributed by atoms with van der Waals surface area (Å²) < 4.78 is 0. The molecule has 1 atom stereocenters. The molecule has 0 saturated carbocycles. The van der Waals surface area contributed by atoms with Crippen LogP contribution in [0.15, 0.2) is 66.0 Å². The second-order valence-corrected chi connectivity index (χ2v) is 7.84. The first kappa shape index (κ1) is 17.3. The molecular weight excluding hydrogens is 336 g/mol. The van der Waals surface area contributed by atoms with Crippen molar-refractivity contribution in [3.63, 3.8) is 0 Å². The van der Waals surface area contributed by atoms with Gasteiger partial charge in [0.25, 0.3) is 0 Å². The molecule has 2 heterocycles. The van der Waals surface area contributed by atoms with Gasteiger partial charge in [-0.3, -0.25) is 14.8 Å². The smallest absolute Gasteiger partial charge is 0.248 e. The quantitative estimate of drug-likeness (QED) is 0.684. The van der Waals surface area contributed by atoms with Crippen molar-refractivity contribution >= 4 is 22.7 Å². The highest BCUT2D eigenvalue weighted by molar-refractivity contribution is 6.03. The van der Waals surface area contributed by atoms with Crippen LogP contribution in [0.25, 0.3) is 11.0 Å². The number of hydrazone groups is 1. The number of rotatable bonds is 2. The van der Waals surface area contributed by atoms with Crippen LogP contribution >= 0.6 is 0 Å². The van der Waals surface area contributed by atoms with Gasteiger partial charge in [-0.15, -0.1) is 0 Å². The first-order valence-electron chi connectivity index (χ1n) is 9.11. The molecule has 5 nitrogen and oxygen atoms in total. The fourth-order valence-electron chi connectivity index (χ4n) is 3.29. The third-order valence-corrected chi connectivity index (χ3v) is 4.75. The van der Waals surface area contributed by atoms with E-state index in [9.17, 15) is 4.79 Å². The van der Waals surface area contributed by atoms with Crippen LogP contribution in [0.1, 0.15) is 44.4 Å². The van der Waals surface area contributed by atoms with Crippen LogP contribution in [0.5, 0.6) is 0 Å². The first-order valence-corrected chi connectivity index (χ1v) is 9.11. The number of hydrogen-bond acceptors (Lipinski definition) is 4. The third-order valence-electron chi connectivity index (χ3n) is 4.75. The van der Waals surface area contributed by atoms with Crippen LogP contribution in [-0.4, -0.2) is 26.6 Å². The van der Waals surface area contributed by atoms with Crippen LogP contribution in [0.3, 0.4) is 0 Å². The Labute approximate surface area is 158 Å². The SMILES string of the molecule is CC(C)(C)C(=O)N1N=C(c2ccccc2)C[C@H]1c1ccc2nccnc2c1. The third kappa shape index (κ3) is 3.33. The van der Waals surface area contributed by atoms with Crippen molar-refractivity contribution in [3.05, 3.63) is 72.1 Å². The fourth-order valence-corrected chi connectivity index (χ4v) is 3.29. The van der Waals surface area contributed by atoms with Crippen molar-refractivity contribution in [2.24, 2.45) is 10.5 Å². The summed E-state index contributed by atoms with van der Waals surface area (Å²) in [7, 11) is 0. The molecule has 1 aliphatic heterocycles. The predicted molar refractivity (Wildman–Crippen MR) is 106 cm³/mol. The molecular formula is C22H22N4O. The topological polar surface area (TPSA) is 58.5 Å². The average Bonchev–Trinajstić information content (AvgIpc) is 3.12. The molecule has 4 rings (SSSR count). The lowest BCUT2D eigenvalue weighted by Gasteiger charge is -2.28. The van der Waals surface area contributed by atoms with Crippen molar-refractivity contribution in [3.8, 4) is 0 Å². The van der Waals surface area contributed by atoms with E-state index in [1.165, 1.54) is 0 Å². The highest BCUT2D eigenvalue weighted by Crippen LogP contribution is 2.36. The van der Waals surface area contributed by atoms with E-state index in [0.29, 0.717) is 6.42 Å².